The number of ketones is 1. The molecule has 2 unspecified atom stereocenters. The predicted octanol–water partition coefficient (Wildman–Crippen LogP) is 3.16. The van der Waals surface area contributed by atoms with Crippen LogP contribution in [0.25, 0.3) is 0 Å². The molecule has 0 spiro atoms. The molecule has 0 aromatic heterocycles. The lowest BCUT2D eigenvalue weighted by molar-refractivity contribution is -0.173. The molecule has 134 valence electrons. The van der Waals surface area contributed by atoms with Gasteiger partial charge in [0.1, 0.15) is 5.78 Å². The molecule has 0 bridgehead atoms. The summed E-state index contributed by atoms with van der Waals surface area (Å²) in [6.07, 6.45) is -0.0104. The summed E-state index contributed by atoms with van der Waals surface area (Å²) in [6.45, 7) is 0. The molecule has 0 heterocycles. The number of esters is 1. The van der Waals surface area contributed by atoms with Crippen molar-refractivity contribution in [3.05, 3.63) is 71.8 Å². The van der Waals surface area contributed by atoms with E-state index < -0.39 is 29.2 Å². The quantitative estimate of drug-likeness (QED) is 0.675. The van der Waals surface area contributed by atoms with Gasteiger partial charge in [-0.1, -0.05) is 60.7 Å². The first kappa shape index (κ1) is 17.9. The highest BCUT2D eigenvalue weighted by Gasteiger charge is 2.62. The molecule has 26 heavy (non-hydrogen) atoms. The molecule has 1 saturated carbocycles. The second kappa shape index (κ2) is 7.12. The summed E-state index contributed by atoms with van der Waals surface area (Å²) in [4.78, 5) is 37.9. The molecule has 2 aromatic rings. The minimum atomic E-state index is -1.86. The van der Waals surface area contributed by atoms with Crippen LogP contribution in [0.15, 0.2) is 60.7 Å². The Morgan fingerprint density at radius 1 is 0.923 bits per heavy atom. The highest BCUT2D eigenvalue weighted by Crippen LogP contribution is 2.55. The Labute approximate surface area is 151 Å². The molecular weight excluding hydrogens is 332 g/mol. The van der Waals surface area contributed by atoms with Crippen LogP contribution in [0.4, 0.5) is 0 Å². The van der Waals surface area contributed by atoms with Gasteiger partial charge in [-0.05, 0) is 11.1 Å². The highest BCUT2D eigenvalue weighted by molar-refractivity contribution is 6.04. The van der Waals surface area contributed by atoms with E-state index in [1.54, 1.807) is 48.5 Å². The van der Waals surface area contributed by atoms with Crippen LogP contribution < -0.4 is 0 Å². The molecule has 2 aromatic carbocycles. The first-order chi connectivity index (χ1) is 12.5. The summed E-state index contributed by atoms with van der Waals surface area (Å²) >= 11 is 0. The molecule has 1 fully saturated rings. The molecule has 1 aliphatic rings. The smallest absolute Gasteiger partial charge is 0.324 e. The zero-order valence-corrected chi connectivity index (χ0v) is 14.4. The summed E-state index contributed by atoms with van der Waals surface area (Å²) in [5.41, 5.74) is -0.561. The fourth-order valence-corrected chi connectivity index (χ4v) is 4.07. The van der Waals surface area contributed by atoms with E-state index in [4.69, 9.17) is 4.74 Å². The molecule has 0 radical (unpaired) electrons. The van der Waals surface area contributed by atoms with Crippen LogP contribution >= 0.6 is 0 Å². The van der Waals surface area contributed by atoms with Crippen LogP contribution in [-0.2, 0) is 19.1 Å². The lowest BCUT2D eigenvalue weighted by atomic mass is 9.56. The van der Waals surface area contributed by atoms with Gasteiger partial charge in [0.25, 0.3) is 0 Å². The van der Waals surface area contributed by atoms with Crippen molar-refractivity contribution in [1.82, 2.24) is 0 Å². The Kier molecular flexibility index (Phi) is 4.89. The number of carbonyl (C=O) groups excluding carboxylic acids is 2. The maximum Gasteiger partial charge on any atom is 0.324 e. The Hall–Kier alpha value is -2.95. The normalized spacial score (nSPS) is 25.5. The first-order valence-electron chi connectivity index (χ1n) is 8.45. The SMILES string of the molecule is COC(=O)C1(C(=O)O)C(c2ccccc2)CC(=O)CC1c1ccccc1. The number of hydrogen-bond donors (Lipinski definition) is 1. The van der Waals surface area contributed by atoms with E-state index in [1.807, 2.05) is 12.1 Å². The molecule has 2 atom stereocenters. The van der Waals surface area contributed by atoms with E-state index in [0.29, 0.717) is 11.1 Å². The molecule has 1 aliphatic carbocycles. The van der Waals surface area contributed by atoms with Crippen molar-refractivity contribution in [1.29, 1.82) is 0 Å². The number of carbonyl (C=O) groups is 3. The van der Waals surface area contributed by atoms with E-state index in [2.05, 4.69) is 0 Å². The van der Waals surface area contributed by atoms with E-state index in [1.165, 1.54) is 7.11 Å². The number of methoxy groups -OCH3 is 1. The number of carboxylic acid groups (broad SMARTS) is 1. The number of ether oxygens (including phenoxy) is 1. The van der Waals surface area contributed by atoms with Crippen LogP contribution in [-0.4, -0.2) is 29.9 Å². The minimum Gasteiger partial charge on any atom is -0.480 e. The number of Topliss-reactive ketones (excluding diaryl/α,β-unsaturated/α-hetero) is 1. The van der Waals surface area contributed by atoms with Gasteiger partial charge < -0.3 is 9.84 Å². The third-order valence-corrected chi connectivity index (χ3v) is 5.24. The molecule has 0 saturated heterocycles. The first-order valence-corrected chi connectivity index (χ1v) is 8.45. The topological polar surface area (TPSA) is 80.7 Å². The van der Waals surface area contributed by atoms with E-state index in [-0.39, 0.29) is 18.6 Å². The monoisotopic (exact) mass is 352 g/mol. The molecule has 0 aliphatic heterocycles. The second-order valence-corrected chi connectivity index (χ2v) is 6.54. The lowest BCUT2D eigenvalue weighted by Gasteiger charge is -2.44. The second-order valence-electron chi connectivity index (χ2n) is 6.54. The van der Waals surface area contributed by atoms with Crippen molar-refractivity contribution in [2.75, 3.05) is 7.11 Å². The van der Waals surface area contributed by atoms with Crippen LogP contribution in [0, 0.1) is 5.41 Å². The predicted molar refractivity (Wildman–Crippen MR) is 94.7 cm³/mol. The molecule has 5 nitrogen and oxygen atoms in total. The molecule has 3 rings (SSSR count). The van der Waals surface area contributed by atoms with Crippen LogP contribution in [0.1, 0.15) is 35.8 Å². The molecule has 5 heteroatoms. The van der Waals surface area contributed by atoms with E-state index in [0.717, 1.165) is 0 Å². The number of aliphatic carboxylic acids is 1. The number of hydrogen-bond acceptors (Lipinski definition) is 4. The van der Waals surface area contributed by atoms with Crippen LogP contribution in [0.2, 0.25) is 0 Å². The van der Waals surface area contributed by atoms with Crippen LogP contribution in [0.3, 0.4) is 0 Å². The fraction of sp³-hybridized carbons (Fsp3) is 0.286. The number of benzene rings is 2. The lowest BCUT2D eigenvalue weighted by Crippen LogP contribution is -2.53. The van der Waals surface area contributed by atoms with Gasteiger partial charge in [-0.25, -0.2) is 0 Å². The van der Waals surface area contributed by atoms with Crippen molar-refractivity contribution in [3.8, 4) is 0 Å². The van der Waals surface area contributed by atoms with Gasteiger partial charge in [0.15, 0.2) is 5.41 Å². The summed E-state index contributed by atoms with van der Waals surface area (Å²) in [7, 11) is 1.19. The zero-order valence-electron chi connectivity index (χ0n) is 14.4. The van der Waals surface area contributed by atoms with Gasteiger partial charge in [-0.2, -0.15) is 0 Å². The van der Waals surface area contributed by atoms with Crippen LogP contribution in [0.5, 0.6) is 0 Å². The summed E-state index contributed by atoms with van der Waals surface area (Å²) in [5.74, 6) is -3.73. The largest absolute Gasteiger partial charge is 0.480 e. The van der Waals surface area contributed by atoms with Gasteiger partial charge in [-0.3, -0.25) is 14.4 Å². The molecule has 0 amide bonds. The third-order valence-electron chi connectivity index (χ3n) is 5.24. The Morgan fingerprint density at radius 3 is 1.69 bits per heavy atom. The van der Waals surface area contributed by atoms with Crippen molar-refractivity contribution < 1.29 is 24.2 Å². The molecular formula is C21H20O5. The van der Waals surface area contributed by atoms with Crippen molar-refractivity contribution in [2.45, 2.75) is 24.7 Å². The van der Waals surface area contributed by atoms with Gasteiger partial charge in [0.05, 0.1) is 7.11 Å². The standard InChI is InChI=1S/C21H20O5/c1-26-20(25)21(19(23)24)17(14-8-4-2-5-9-14)12-16(22)13-18(21)15-10-6-3-7-11-15/h2-11,17-18H,12-13H2,1H3,(H,23,24). The Bertz CT molecular complexity index is 761. The number of rotatable bonds is 4. The summed E-state index contributed by atoms with van der Waals surface area (Å²) < 4.78 is 4.96. The summed E-state index contributed by atoms with van der Waals surface area (Å²) in [5, 5.41) is 10.2. The van der Waals surface area contributed by atoms with Crippen molar-refractivity contribution in [3.63, 3.8) is 0 Å². The van der Waals surface area contributed by atoms with Gasteiger partial charge in [-0.15, -0.1) is 0 Å². The van der Waals surface area contributed by atoms with Crippen molar-refractivity contribution in [2.24, 2.45) is 5.41 Å². The average molecular weight is 352 g/mol. The van der Waals surface area contributed by atoms with E-state index in [9.17, 15) is 19.5 Å². The number of carboxylic acids is 1. The van der Waals surface area contributed by atoms with Crippen molar-refractivity contribution >= 4 is 17.7 Å². The Morgan fingerprint density at radius 2 is 1.35 bits per heavy atom. The molecule has 1 N–H and O–H groups in total. The highest BCUT2D eigenvalue weighted by atomic mass is 16.5. The van der Waals surface area contributed by atoms with Gasteiger partial charge in [0.2, 0.25) is 0 Å². The van der Waals surface area contributed by atoms with Gasteiger partial charge >= 0.3 is 11.9 Å². The maximum absolute atomic E-state index is 12.9. The zero-order chi connectivity index (χ0) is 18.7. The maximum atomic E-state index is 12.9. The Balaban J connectivity index is 2.26. The minimum absolute atomic E-state index is 0.00521. The third kappa shape index (κ3) is 2.79. The average Bonchev–Trinajstić information content (AvgIpc) is 2.68. The van der Waals surface area contributed by atoms with Gasteiger partial charge in [0, 0.05) is 24.7 Å². The van der Waals surface area contributed by atoms with E-state index >= 15 is 0 Å². The fourth-order valence-electron chi connectivity index (χ4n) is 4.07. The summed E-state index contributed by atoms with van der Waals surface area (Å²) in [6, 6.07) is 17.7.